The average Bonchev–Trinajstić information content (AvgIpc) is 2.45. The predicted octanol–water partition coefficient (Wildman–Crippen LogP) is 3.40. The van der Waals surface area contributed by atoms with Crippen LogP contribution in [0.3, 0.4) is 0 Å². The van der Waals surface area contributed by atoms with E-state index in [0.717, 1.165) is 0 Å². The number of nitrogen functional groups attached to an aromatic ring is 1. The van der Waals surface area contributed by atoms with Crippen LogP contribution in [0.2, 0.25) is 0 Å². The van der Waals surface area contributed by atoms with Gasteiger partial charge >= 0.3 is 5.97 Å². The van der Waals surface area contributed by atoms with Crippen LogP contribution in [-0.4, -0.2) is 5.97 Å². The first-order valence-electron chi connectivity index (χ1n) is 5.92. The maximum Gasteiger partial charge on any atom is 0.338 e. The summed E-state index contributed by atoms with van der Waals surface area (Å²) in [7, 11) is 0. The Morgan fingerprint density at radius 2 is 2.14 bits per heavy atom. The lowest BCUT2D eigenvalue weighted by molar-refractivity contribution is 0.0469. The first-order valence-corrected chi connectivity index (χ1v) is 6.71. The molecule has 106 valence electrons. The van der Waals surface area contributed by atoms with Crippen LogP contribution in [0.15, 0.2) is 40.9 Å². The number of nitrogens with two attached hydrogens (primary N) is 1. The van der Waals surface area contributed by atoms with Gasteiger partial charge in [0.15, 0.2) is 0 Å². The molecule has 2 aromatic rings. The van der Waals surface area contributed by atoms with Gasteiger partial charge in [0.25, 0.3) is 0 Å². The zero-order chi connectivity index (χ0) is 15.4. The van der Waals surface area contributed by atoms with Crippen LogP contribution in [0.25, 0.3) is 0 Å². The molecule has 0 fully saturated rings. The minimum Gasteiger partial charge on any atom is -0.457 e. The SMILES string of the molecule is N#Cc1cccc(COC(=O)c2cc(N)cc(Br)c2)c1F. The van der Waals surface area contributed by atoms with E-state index in [-0.39, 0.29) is 23.3 Å². The van der Waals surface area contributed by atoms with Crippen molar-refractivity contribution in [1.29, 1.82) is 5.26 Å². The molecule has 4 nitrogen and oxygen atoms in total. The van der Waals surface area contributed by atoms with Crippen LogP contribution < -0.4 is 5.73 Å². The van der Waals surface area contributed by atoms with Crippen molar-refractivity contribution in [1.82, 2.24) is 0 Å². The average molecular weight is 349 g/mol. The highest BCUT2D eigenvalue weighted by Gasteiger charge is 2.12. The molecular weight excluding hydrogens is 339 g/mol. The molecule has 0 saturated carbocycles. The molecule has 21 heavy (non-hydrogen) atoms. The third-order valence-corrected chi connectivity index (χ3v) is 3.17. The van der Waals surface area contributed by atoms with Crippen molar-refractivity contribution in [2.45, 2.75) is 6.61 Å². The minimum absolute atomic E-state index is 0.0877. The highest BCUT2D eigenvalue weighted by Crippen LogP contribution is 2.19. The van der Waals surface area contributed by atoms with Gasteiger partial charge in [-0.15, -0.1) is 0 Å². The monoisotopic (exact) mass is 348 g/mol. The second kappa shape index (κ2) is 6.37. The molecule has 0 amide bonds. The first kappa shape index (κ1) is 15.0. The van der Waals surface area contributed by atoms with Gasteiger partial charge in [-0.2, -0.15) is 5.26 Å². The number of ether oxygens (including phenoxy) is 1. The van der Waals surface area contributed by atoms with E-state index in [0.29, 0.717) is 10.2 Å². The molecule has 0 atom stereocenters. The van der Waals surface area contributed by atoms with Crippen LogP contribution in [0, 0.1) is 17.1 Å². The molecule has 2 rings (SSSR count). The van der Waals surface area contributed by atoms with E-state index in [2.05, 4.69) is 15.9 Å². The van der Waals surface area contributed by atoms with Gasteiger partial charge in [-0.25, -0.2) is 9.18 Å². The molecule has 0 unspecified atom stereocenters. The Kier molecular flexibility index (Phi) is 4.55. The number of hydrogen-bond donors (Lipinski definition) is 1. The van der Waals surface area contributed by atoms with Gasteiger partial charge in [0.2, 0.25) is 0 Å². The Balaban J connectivity index is 2.13. The molecule has 0 heterocycles. The normalized spacial score (nSPS) is 9.95. The number of rotatable bonds is 3. The van der Waals surface area contributed by atoms with Crippen molar-refractivity contribution >= 4 is 27.6 Å². The predicted molar refractivity (Wildman–Crippen MR) is 78.8 cm³/mol. The summed E-state index contributed by atoms with van der Waals surface area (Å²) in [4.78, 5) is 11.9. The van der Waals surface area contributed by atoms with E-state index in [1.54, 1.807) is 18.2 Å². The van der Waals surface area contributed by atoms with Crippen molar-refractivity contribution in [2.75, 3.05) is 5.73 Å². The van der Waals surface area contributed by atoms with Crippen molar-refractivity contribution in [3.8, 4) is 6.07 Å². The lowest BCUT2D eigenvalue weighted by atomic mass is 10.1. The summed E-state index contributed by atoms with van der Waals surface area (Å²) in [5.41, 5.74) is 6.36. The van der Waals surface area contributed by atoms with Crippen molar-refractivity contribution in [2.24, 2.45) is 0 Å². The molecule has 0 aromatic heterocycles. The largest absolute Gasteiger partial charge is 0.457 e. The summed E-state index contributed by atoms with van der Waals surface area (Å²) in [6.45, 7) is -0.257. The van der Waals surface area contributed by atoms with E-state index in [1.807, 2.05) is 0 Å². The van der Waals surface area contributed by atoms with Crippen LogP contribution >= 0.6 is 15.9 Å². The molecule has 2 N–H and O–H groups in total. The van der Waals surface area contributed by atoms with E-state index < -0.39 is 11.8 Å². The molecule has 2 aromatic carbocycles. The fourth-order valence-corrected chi connectivity index (χ4v) is 2.25. The summed E-state index contributed by atoms with van der Waals surface area (Å²) in [6.07, 6.45) is 0. The second-order valence-electron chi connectivity index (χ2n) is 4.24. The number of benzene rings is 2. The lowest BCUT2D eigenvalue weighted by Crippen LogP contribution is -2.07. The number of nitrogens with zero attached hydrogens (tertiary/aromatic N) is 1. The molecule has 0 aliphatic carbocycles. The van der Waals surface area contributed by atoms with Crippen molar-refractivity contribution in [3.05, 3.63) is 63.4 Å². The standard InChI is InChI=1S/C15H10BrFN2O2/c16-12-4-11(5-13(19)6-12)15(20)21-8-10-3-1-2-9(7-18)14(10)17/h1-6H,8,19H2. The van der Waals surface area contributed by atoms with E-state index in [4.69, 9.17) is 15.7 Å². The van der Waals surface area contributed by atoms with Crippen molar-refractivity contribution < 1.29 is 13.9 Å². The zero-order valence-electron chi connectivity index (χ0n) is 10.8. The Bertz CT molecular complexity index is 721. The van der Waals surface area contributed by atoms with Crippen LogP contribution in [-0.2, 0) is 11.3 Å². The summed E-state index contributed by atoms with van der Waals surface area (Å²) in [5.74, 6) is -1.30. The van der Waals surface area contributed by atoms with Crippen LogP contribution in [0.4, 0.5) is 10.1 Å². The molecule has 0 spiro atoms. The van der Waals surface area contributed by atoms with Gasteiger partial charge < -0.3 is 10.5 Å². The quantitative estimate of drug-likeness (QED) is 0.681. The number of anilines is 1. The molecular formula is C15H10BrFN2O2. The fourth-order valence-electron chi connectivity index (χ4n) is 1.73. The second-order valence-corrected chi connectivity index (χ2v) is 5.16. The number of hydrogen-bond acceptors (Lipinski definition) is 4. The smallest absolute Gasteiger partial charge is 0.338 e. The summed E-state index contributed by atoms with van der Waals surface area (Å²) in [5, 5.41) is 8.74. The first-order chi connectivity index (χ1) is 10.0. The van der Waals surface area contributed by atoms with Gasteiger partial charge in [-0.05, 0) is 24.3 Å². The number of carbonyl (C=O) groups is 1. The Morgan fingerprint density at radius 1 is 1.38 bits per heavy atom. The Labute approximate surface area is 129 Å². The highest BCUT2D eigenvalue weighted by molar-refractivity contribution is 9.10. The zero-order valence-corrected chi connectivity index (χ0v) is 12.4. The Morgan fingerprint density at radius 3 is 2.81 bits per heavy atom. The van der Waals surface area contributed by atoms with Gasteiger partial charge in [0.05, 0.1) is 11.1 Å². The van der Waals surface area contributed by atoms with Gasteiger partial charge in [-0.3, -0.25) is 0 Å². The topological polar surface area (TPSA) is 76.1 Å². The number of halogens is 2. The third kappa shape index (κ3) is 3.58. The van der Waals surface area contributed by atoms with E-state index in [1.165, 1.54) is 24.3 Å². The van der Waals surface area contributed by atoms with Gasteiger partial charge in [0, 0.05) is 15.7 Å². The molecule has 0 bridgehead atoms. The van der Waals surface area contributed by atoms with Crippen LogP contribution in [0.5, 0.6) is 0 Å². The molecule has 6 heteroatoms. The highest BCUT2D eigenvalue weighted by atomic mass is 79.9. The summed E-state index contributed by atoms with van der Waals surface area (Å²) < 4.78 is 19.5. The van der Waals surface area contributed by atoms with E-state index in [9.17, 15) is 9.18 Å². The fraction of sp³-hybridized carbons (Fsp3) is 0.0667. The maximum absolute atomic E-state index is 13.8. The summed E-state index contributed by atoms with van der Waals surface area (Å²) >= 11 is 3.22. The molecule has 0 radical (unpaired) electrons. The van der Waals surface area contributed by atoms with E-state index >= 15 is 0 Å². The summed E-state index contributed by atoms with van der Waals surface area (Å²) in [6, 6.07) is 10.7. The maximum atomic E-state index is 13.8. The lowest BCUT2D eigenvalue weighted by Gasteiger charge is -2.07. The van der Waals surface area contributed by atoms with Gasteiger partial charge in [-0.1, -0.05) is 28.1 Å². The van der Waals surface area contributed by atoms with Crippen LogP contribution in [0.1, 0.15) is 21.5 Å². The van der Waals surface area contributed by atoms with Crippen molar-refractivity contribution in [3.63, 3.8) is 0 Å². The molecule has 0 aliphatic heterocycles. The van der Waals surface area contributed by atoms with Gasteiger partial charge in [0.1, 0.15) is 18.5 Å². The Hall–Kier alpha value is -2.39. The molecule has 0 saturated heterocycles. The number of esters is 1. The minimum atomic E-state index is -0.679. The number of carbonyl (C=O) groups excluding carboxylic acids is 1. The third-order valence-electron chi connectivity index (χ3n) is 2.71. The number of nitriles is 1. The molecule has 0 aliphatic rings.